The molecule has 0 bridgehead atoms. The van der Waals surface area contributed by atoms with Gasteiger partial charge in [-0.2, -0.15) is 0 Å². The first kappa shape index (κ1) is 22.6. The molecule has 0 saturated carbocycles. The summed E-state index contributed by atoms with van der Waals surface area (Å²) in [4.78, 5) is 26.8. The largest absolute Gasteiger partial charge is 0.481 e. The molecule has 2 aromatic rings. The van der Waals surface area contributed by atoms with Crippen molar-refractivity contribution >= 4 is 17.9 Å². The molecule has 0 radical (unpaired) electrons. The second kappa shape index (κ2) is 10.8. The number of ether oxygens (including phenoxy) is 1. The summed E-state index contributed by atoms with van der Waals surface area (Å²) in [6.07, 6.45) is 4.37. The van der Waals surface area contributed by atoms with Crippen LogP contribution in [-0.4, -0.2) is 41.9 Å². The molecule has 0 spiro atoms. The second-order valence-corrected chi connectivity index (χ2v) is 8.34. The molecule has 0 aromatic heterocycles. The highest BCUT2D eigenvalue weighted by atomic mass is 16.5. The molecule has 164 valence electrons. The van der Waals surface area contributed by atoms with Gasteiger partial charge in [-0.15, -0.1) is 0 Å². The third-order valence-electron chi connectivity index (χ3n) is 5.60. The molecule has 31 heavy (non-hydrogen) atoms. The van der Waals surface area contributed by atoms with Gasteiger partial charge in [0.2, 0.25) is 5.91 Å². The quantitative estimate of drug-likeness (QED) is 0.676. The lowest BCUT2D eigenvalue weighted by molar-refractivity contribution is -0.129. The molecular formula is C26H32N2O3. The SMILES string of the molecule is CC(Oc1ccc(C(C)C)cc1)C(=O)NC1CCN(C(=O)/C=C/c2ccccc2)CC1. The van der Waals surface area contributed by atoms with Crippen molar-refractivity contribution in [2.24, 2.45) is 0 Å². The monoisotopic (exact) mass is 420 g/mol. The number of hydrogen-bond donors (Lipinski definition) is 1. The maximum Gasteiger partial charge on any atom is 0.260 e. The van der Waals surface area contributed by atoms with E-state index in [0.717, 1.165) is 18.4 Å². The van der Waals surface area contributed by atoms with Gasteiger partial charge in [0.05, 0.1) is 0 Å². The summed E-state index contributed by atoms with van der Waals surface area (Å²) in [5, 5.41) is 3.07. The van der Waals surface area contributed by atoms with E-state index in [-0.39, 0.29) is 17.9 Å². The highest BCUT2D eigenvalue weighted by molar-refractivity contribution is 5.91. The lowest BCUT2D eigenvalue weighted by Crippen LogP contribution is -2.49. The average Bonchev–Trinajstić information content (AvgIpc) is 2.79. The van der Waals surface area contributed by atoms with Crippen molar-refractivity contribution in [3.8, 4) is 5.75 Å². The van der Waals surface area contributed by atoms with Gasteiger partial charge in [-0.3, -0.25) is 9.59 Å². The van der Waals surface area contributed by atoms with Crippen LogP contribution < -0.4 is 10.1 Å². The van der Waals surface area contributed by atoms with Gasteiger partial charge in [-0.05, 0) is 55.0 Å². The van der Waals surface area contributed by atoms with Gasteiger partial charge in [-0.1, -0.05) is 56.3 Å². The zero-order valence-electron chi connectivity index (χ0n) is 18.6. The average molecular weight is 421 g/mol. The van der Waals surface area contributed by atoms with E-state index in [0.29, 0.717) is 24.8 Å². The van der Waals surface area contributed by atoms with Gasteiger partial charge in [0, 0.05) is 25.2 Å². The fourth-order valence-corrected chi connectivity index (χ4v) is 3.59. The molecule has 5 nitrogen and oxygen atoms in total. The lowest BCUT2D eigenvalue weighted by atomic mass is 10.0. The lowest BCUT2D eigenvalue weighted by Gasteiger charge is -2.32. The van der Waals surface area contributed by atoms with E-state index in [4.69, 9.17) is 4.74 Å². The van der Waals surface area contributed by atoms with Crippen LogP contribution in [0.15, 0.2) is 60.7 Å². The summed E-state index contributed by atoms with van der Waals surface area (Å²) < 4.78 is 5.80. The molecule has 1 saturated heterocycles. The van der Waals surface area contributed by atoms with Gasteiger partial charge in [0.15, 0.2) is 6.10 Å². The molecule has 0 aliphatic carbocycles. The number of likely N-dealkylation sites (tertiary alicyclic amines) is 1. The Hall–Kier alpha value is -3.08. The van der Waals surface area contributed by atoms with Gasteiger partial charge in [0.1, 0.15) is 5.75 Å². The Morgan fingerprint density at radius 3 is 2.26 bits per heavy atom. The van der Waals surface area contributed by atoms with E-state index in [1.165, 1.54) is 5.56 Å². The highest BCUT2D eigenvalue weighted by Crippen LogP contribution is 2.20. The Balaban J connectivity index is 1.42. The van der Waals surface area contributed by atoms with Crippen LogP contribution in [0.4, 0.5) is 0 Å². The summed E-state index contributed by atoms with van der Waals surface area (Å²) >= 11 is 0. The van der Waals surface area contributed by atoms with Crippen molar-refractivity contribution < 1.29 is 14.3 Å². The number of piperidine rings is 1. The topological polar surface area (TPSA) is 58.6 Å². The Kier molecular flexibility index (Phi) is 7.88. The third-order valence-corrected chi connectivity index (χ3v) is 5.60. The zero-order valence-corrected chi connectivity index (χ0v) is 18.6. The third kappa shape index (κ3) is 6.71. The first-order valence-electron chi connectivity index (χ1n) is 11.0. The van der Waals surface area contributed by atoms with Gasteiger partial charge < -0.3 is 15.0 Å². The van der Waals surface area contributed by atoms with Crippen molar-refractivity contribution in [1.82, 2.24) is 10.2 Å². The van der Waals surface area contributed by atoms with Crippen LogP contribution in [0.5, 0.6) is 5.75 Å². The molecule has 1 fully saturated rings. The van der Waals surface area contributed by atoms with E-state index in [1.54, 1.807) is 13.0 Å². The Morgan fingerprint density at radius 1 is 1.00 bits per heavy atom. The number of benzene rings is 2. The van der Waals surface area contributed by atoms with Crippen LogP contribution in [0, 0.1) is 0 Å². The standard InChI is InChI=1S/C26H32N2O3/c1-19(2)22-10-12-24(13-11-22)31-20(3)26(30)27-23-15-17-28(18-16-23)25(29)14-9-21-7-5-4-6-8-21/h4-14,19-20,23H,15-18H2,1-3H3,(H,27,30)/b14-9+. The summed E-state index contributed by atoms with van der Waals surface area (Å²) in [5.74, 6) is 1.04. The number of nitrogens with one attached hydrogen (secondary N) is 1. The molecular weight excluding hydrogens is 388 g/mol. The summed E-state index contributed by atoms with van der Waals surface area (Å²) in [6, 6.07) is 17.7. The van der Waals surface area contributed by atoms with E-state index < -0.39 is 6.10 Å². The number of rotatable bonds is 7. The maximum absolute atomic E-state index is 12.5. The van der Waals surface area contributed by atoms with Crippen molar-refractivity contribution in [2.45, 2.75) is 51.7 Å². The van der Waals surface area contributed by atoms with E-state index in [9.17, 15) is 9.59 Å². The first-order chi connectivity index (χ1) is 14.9. The molecule has 2 amide bonds. The molecule has 3 rings (SSSR count). The summed E-state index contributed by atoms with van der Waals surface area (Å²) in [6.45, 7) is 7.32. The molecule has 5 heteroatoms. The van der Waals surface area contributed by atoms with Crippen molar-refractivity contribution in [1.29, 1.82) is 0 Å². The molecule has 1 aliphatic rings. The van der Waals surface area contributed by atoms with E-state index in [2.05, 4.69) is 19.2 Å². The zero-order chi connectivity index (χ0) is 22.2. The van der Waals surface area contributed by atoms with Crippen molar-refractivity contribution in [2.75, 3.05) is 13.1 Å². The van der Waals surface area contributed by atoms with Crippen LogP contribution in [0.1, 0.15) is 50.7 Å². The van der Waals surface area contributed by atoms with Crippen LogP contribution >= 0.6 is 0 Å². The minimum absolute atomic E-state index is 0.00942. The molecule has 1 unspecified atom stereocenters. The summed E-state index contributed by atoms with van der Waals surface area (Å²) in [5.41, 5.74) is 2.25. The summed E-state index contributed by atoms with van der Waals surface area (Å²) in [7, 11) is 0. The smallest absolute Gasteiger partial charge is 0.260 e. The van der Waals surface area contributed by atoms with Gasteiger partial charge in [-0.25, -0.2) is 0 Å². The maximum atomic E-state index is 12.5. The Morgan fingerprint density at radius 2 is 1.65 bits per heavy atom. The number of carbonyl (C=O) groups excluding carboxylic acids is 2. The fraction of sp³-hybridized carbons (Fsp3) is 0.385. The van der Waals surface area contributed by atoms with E-state index >= 15 is 0 Å². The highest BCUT2D eigenvalue weighted by Gasteiger charge is 2.25. The number of carbonyl (C=O) groups is 2. The van der Waals surface area contributed by atoms with Crippen LogP contribution in [0.25, 0.3) is 6.08 Å². The van der Waals surface area contributed by atoms with Crippen LogP contribution in [0.2, 0.25) is 0 Å². The molecule has 1 heterocycles. The van der Waals surface area contributed by atoms with Crippen LogP contribution in [0.3, 0.4) is 0 Å². The first-order valence-corrected chi connectivity index (χ1v) is 11.0. The molecule has 2 aromatic carbocycles. The number of hydrogen-bond acceptors (Lipinski definition) is 3. The molecule has 1 aliphatic heterocycles. The minimum atomic E-state index is -0.571. The normalized spacial score (nSPS) is 15.8. The Bertz CT molecular complexity index is 883. The molecule has 1 N–H and O–H groups in total. The molecule has 1 atom stereocenters. The van der Waals surface area contributed by atoms with Crippen LogP contribution in [-0.2, 0) is 9.59 Å². The predicted molar refractivity (Wildman–Crippen MR) is 124 cm³/mol. The predicted octanol–water partition coefficient (Wildman–Crippen LogP) is 4.40. The number of nitrogens with zero attached hydrogens (tertiary/aromatic N) is 1. The number of amides is 2. The van der Waals surface area contributed by atoms with Gasteiger partial charge >= 0.3 is 0 Å². The minimum Gasteiger partial charge on any atom is -0.481 e. The van der Waals surface area contributed by atoms with Crippen molar-refractivity contribution in [3.05, 3.63) is 71.8 Å². The Labute approximate surface area is 185 Å². The van der Waals surface area contributed by atoms with Gasteiger partial charge in [0.25, 0.3) is 5.91 Å². The van der Waals surface area contributed by atoms with E-state index in [1.807, 2.05) is 65.6 Å². The second-order valence-electron chi connectivity index (χ2n) is 8.34. The van der Waals surface area contributed by atoms with Crippen molar-refractivity contribution in [3.63, 3.8) is 0 Å². The fourth-order valence-electron chi connectivity index (χ4n) is 3.59.